The van der Waals surface area contributed by atoms with Crippen molar-refractivity contribution in [1.82, 2.24) is 19.4 Å². The Morgan fingerprint density at radius 2 is 1.72 bits per heavy atom. The third-order valence-corrected chi connectivity index (χ3v) is 8.22. The van der Waals surface area contributed by atoms with Gasteiger partial charge in [0.25, 0.3) is 0 Å². The van der Waals surface area contributed by atoms with Crippen LogP contribution >= 0.6 is 0 Å². The summed E-state index contributed by atoms with van der Waals surface area (Å²) in [6, 6.07) is 10.8. The van der Waals surface area contributed by atoms with Crippen molar-refractivity contribution in [3.63, 3.8) is 0 Å². The monoisotopic (exact) mass is 460 g/mol. The molecule has 4 rings (SSSR count). The normalized spacial score (nSPS) is 19.8. The lowest BCUT2D eigenvalue weighted by molar-refractivity contribution is -0.122. The molecule has 0 radical (unpaired) electrons. The molecule has 32 heavy (non-hydrogen) atoms. The van der Waals surface area contributed by atoms with Crippen LogP contribution in [0.25, 0.3) is 0 Å². The largest absolute Gasteiger partial charge is 0.468 e. The van der Waals surface area contributed by atoms with Crippen molar-refractivity contribution in [2.45, 2.75) is 30.7 Å². The number of hydrogen-bond donors (Lipinski definition) is 1. The molecule has 2 aliphatic heterocycles. The van der Waals surface area contributed by atoms with Gasteiger partial charge in [-0.1, -0.05) is 17.7 Å². The minimum Gasteiger partial charge on any atom is -0.468 e. The molecule has 0 saturated carbocycles. The number of nitrogens with one attached hydrogen (secondary N) is 1. The molecular formula is C23H32N4O4S. The topological polar surface area (TPSA) is 86.1 Å². The fourth-order valence-electron chi connectivity index (χ4n) is 4.40. The van der Waals surface area contributed by atoms with Gasteiger partial charge >= 0.3 is 0 Å². The van der Waals surface area contributed by atoms with Crippen LogP contribution in [0.1, 0.15) is 30.2 Å². The molecule has 8 nitrogen and oxygen atoms in total. The molecule has 1 amide bonds. The fourth-order valence-corrected chi connectivity index (χ4v) is 5.82. The van der Waals surface area contributed by atoms with Gasteiger partial charge in [-0.15, -0.1) is 0 Å². The number of aryl methyl sites for hydroxylation is 1. The van der Waals surface area contributed by atoms with E-state index >= 15 is 0 Å². The summed E-state index contributed by atoms with van der Waals surface area (Å²) in [6.45, 7) is 6.56. The van der Waals surface area contributed by atoms with Gasteiger partial charge in [-0.2, -0.15) is 4.31 Å². The van der Waals surface area contributed by atoms with Gasteiger partial charge in [0.05, 0.1) is 23.7 Å². The van der Waals surface area contributed by atoms with E-state index in [0.717, 1.165) is 24.4 Å². The number of sulfonamides is 1. The molecule has 174 valence electrons. The van der Waals surface area contributed by atoms with Gasteiger partial charge in [0.1, 0.15) is 5.76 Å². The summed E-state index contributed by atoms with van der Waals surface area (Å²) < 4.78 is 32.8. The molecule has 1 unspecified atom stereocenters. The summed E-state index contributed by atoms with van der Waals surface area (Å²) in [4.78, 5) is 17.3. The minimum absolute atomic E-state index is 0.0457. The first-order valence-corrected chi connectivity index (χ1v) is 12.7. The summed E-state index contributed by atoms with van der Waals surface area (Å²) in [5, 5.41) is 3.05. The maximum absolute atomic E-state index is 12.9. The molecule has 2 aromatic rings. The second-order valence-electron chi connectivity index (χ2n) is 8.57. The Bertz CT molecular complexity index is 978. The smallest absolute Gasteiger partial charge is 0.243 e. The maximum atomic E-state index is 12.9. The lowest BCUT2D eigenvalue weighted by atomic mass is 10.2. The highest BCUT2D eigenvalue weighted by Gasteiger charge is 2.30. The summed E-state index contributed by atoms with van der Waals surface area (Å²) >= 11 is 0. The maximum Gasteiger partial charge on any atom is 0.243 e. The number of piperazine rings is 1. The summed E-state index contributed by atoms with van der Waals surface area (Å²) in [6.07, 6.45) is 4.01. The van der Waals surface area contributed by atoms with Crippen molar-refractivity contribution < 1.29 is 17.6 Å². The van der Waals surface area contributed by atoms with E-state index in [0.29, 0.717) is 37.6 Å². The number of furan rings is 1. The number of likely N-dealkylation sites (tertiary alicyclic amines) is 1. The van der Waals surface area contributed by atoms with Crippen LogP contribution in [0.15, 0.2) is 52.0 Å². The number of carbonyl (C=O) groups is 1. The third kappa shape index (κ3) is 5.40. The van der Waals surface area contributed by atoms with Crippen LogP contribution in [-0.4, -0.2) is 80.8 Å². The van der Waals surface area contributed by atoms with Gasteiger partial charge in [-0.25, -0.2) is 8.42 Å². The highest BCUT2D eigenvalue weighted by Crippen LogP contribution is 2.25. The molecule has 2 fully saturated rings. The van der Waals surface area contributed by atoms with Crippen LogP contribution in [-0.2, 0) is 14.8 Å². The standard InChI is InChI=1S/C23H32N4O4S/c1-19-6-8-20(9-7-19)32(29,30)27-14-12-25(13-15-27)18-23(28)24-17-21(22-5-4-16-31-22)26-10-2-3-11-26/h4-9,16,21H,2-3,10-15,17-18H2,1H3,(H,24,28). The molecule has 3 heterocycles. The first-order valence-electron chi connectivity index (χ1n) is 11.3. The van der Waals surface area contributed by atoms with Gasteiger partial charge < -0.3 is 9.73 Å². The van der Waals surface area contributed by atoms with Gasteiger partial charge in [0.2, 0.25) is 15.9 Å². The van der Waals surface area contributed by atoms with E-state index in [1.165, 1.54) is 17.1 Å². The number of rotatable bonds is 8. The Kier molecular flexibility index (Phi) is 7.30. The number of hydrogen-bond acceptors (Lipinski definition) is 6. The molecule has 9 heteroatoms. The average molecular weight is 461 g/mol. The Hall–Kier alpha value is -2.20. The first-order chi connectivity index (χ1) is 15.4. The molecule has 1 N–H and O–H groups in total. The second kappa shape index (κ2) is 10.2. The highest BCUT2D eigenvalue weighted by molar-refractivity contribution is 7.89. The third-order valence-electron chi connectivity index (χ3n) is 6.30. The first kappa shape index (κ1) is 23.0. The van der Waals surface area contributed by atoms with Crippen LogP contribution in [0, 0.1) is 6.92 Å². The number of amides is 1. The zero-order chi connectivity index (χ0) is 22.6. The summed E-state index contributed by atoms with van der Waals surface area (Å²) in [5.41, 5.74) is 1.03. The zero-order valence-electron chi connectivity index (χ0n) is 18.6. The molecular weight excluding hydrogens is 428 g/mol. The lowest BCUT2D eigenvalue weighted by Crippen LogP contribution is -2.51. The van der Waals surface area contributed by atoms with Gasteiger partial charge in [0.15, 0.2) is 0 Å². The van der Waals surface area contributed by atoms with Gasteiger partial charge in [-0.05, 0) is 57.1 Å². The molecule has 0 spiro atoms. The van der Waals surface area contributed by atoms with Crippen LogP contribution < -0.4 is 5.32 Å². The van der Waals surface area contributed by atoms with Crippen molar-refractivity contribution >= 4 is 15.9 Å². The highest BCUT2D eigenvalue weighted by atomic mass is 32.2. The van der Waals surface area contributed by atoms with Crippen LogP contribution in [0.5, 0.6) is 0 Å². The Morgan fingerprint density at radius 1 is 1.03 bits per heavy atom. The molecule has 2 saturated heterocycles. The number of benzene rings is 1. The van der Waals surface area contributed by atoms with Gasteiger partial charge in [0, 0.05) is 32.7 Å². The number of nitrogens with zero attached hydrogens (tertiary/aromatic N) is 3. The van der Waals surface area contributed by atoms with Crippen LogP contribution in [0.2, 0.25) is 0 Å². The molecule has 1 aromatic carbocycles. The van der Waals surface area contributed by atoms with E-state index in [1.54, 1.807) is 18.4 Å². The lowest BCUT2D eigenvalue weighted by Gasteiger charge is -2.33. The van der Waals surface area contributed by atoms with Crippen molar-refractivity contribution in [2.75, 3.05) is 52.4 Å². The zero-order valence-corrected chi connectivity index (χ0v) is 19.4. The Balaban J connectivity index is 1.26. The van der Waals surface area contributed by atoms with Crippen molar-refractivity contribution in [3.8, 4) is 0 Å². The summed E-state index contributed by atoms with van der Waals surface area (Å²) in [7, 11) is -3.50. The predicted molar refractivity (Wildman–Crippen MR) is 122 cm³/mol. The molecule has 1 atom stereocenters. The van der Waals surface area contributed by atoms with E-state index in [1.807, 2.05) is 36.1 Å². The van der Waals surface area contributed by atoms with E-state index < -0.39 is 10.0 Å². The second-order valence-corrected chi connectivity index (χ2v) is 10.5. The molecule has 2 aliphatic rings. The Morgan fingerprint density at radius 3 is 2.34 bits per heavy atom. The number of carbonyl (C=O) groups excluding carboxylic acids is 1. The minimum atomic E-state index is -3.50. The van der Waals surface area contributed by atoms with Crippen molar-refractivity contribution in [2.24, 2.45) is 0 Å². The van der Waals surface area contributed by atoms with Gasteiger partial charge in [-0.3, -0.25) is 14.6 Å². The van der Waals surface area contributed by atoms with Crippen molar-refractivity contribution in [3.05, 3.63) is 54.0 Å². The predicted octanol–water partition coefficient (Wildman–Crippen LogP) is 1.85. The quantitative estimate of drug-likeness (QED) is 0.647. The Labute approximate surface area is 190 Å². The van der Waals surface area contributed by atoms with Crippen LogP contribution in [0.4, 0.5) is 0 Å². The molecule has 0 bridgehead atoms. The van der Waals surface area contributed by atoms with E-state index in [-0.39, 0.29) is 18.5 Å². The van der Waals surface area contributed by atoms with Crippen molar-refractivity contribution in [1.29, 1.82) is 0 Å². The SMILES string of the molecule is Cc1ccc(S(=O)(=O)N2CCN(CC(=O)NCC(c3ccco3)N3CCCC3)CC2)cc1. The van der Waals surface area contributed by atoms with E-state index in [2.05, 4.69) is 10.2 Å². The van der Waals surface area contributed by atoms with Crippen LogP contribution in [0.3, 0.4) is 0 Å². The van der Waals surface area contributed by atoms with E-state index in [4.69, 9.17) is 4.42 Å². The average Bonchev–Trinajstić information content (AvgIpc) is 3.50. The van der Waals surface area contributed by atoms with E-state index in [9.17, 15) is 13.2 Å². The summed E-state index contributed by atoms with van der Waals surface area (Å²) in [5.74, 6) is 0.831. The molecule has 0 aliphatic carbocycles. The molecule has 1 aromatic heterocycles. The fraction of sp³-hybridized carbons (Fsp3) is 0.522.